The molecule has 1 amide bonds. The summed E-state index contributed by atoms with van der Waals surface area (Å²) in [5, 5.41) is 7.89. The van der Waals surface area contributed by atoms with Crippen molar-refractivity contribution in [3.63, 3.8) is 0 Å². The van der Waals surface area contributed by atoms with E-state index in [2.05, 4.69) is 10.2 Å². The maximum absolute atomic E-state index is 12.7. The van der Waals surface area contributed by atoms with E-state index in [1.54, 1.807) is 37.3 Å². The van der Waals surface area contributed by atoms with Crippen molar-refractivity contribution < 1.29 is 13.9 Å². The van der Waals surface area contributed by atoms with Crippen LogP contribution in [0.2, 0.25) is 0 Å². The number of nitrogens with zero attached hydrogens (tertiary/aromatic N) is 3. The number of carbonyl (C=O) groups is 1. The van der Waals surface area contributed by atoms with Gasteiger partial charge in [0.2, 0.25) is 11.8 Å². The van der Waals surface area contributed by atoms with E-state index in [0.29, 0.717) is 22.9 Å². The number of benzene rings is 2. The smallest absolute Gasteiger partial charge is 0.258 e. The van der Waals surface area contributed by atoms with Gasteiger partial charge in [-0.25, -0.2) is 0 Å². The van der Waals surface area contributed by atoms with Gasteiger partial charge in [0.1, 0.15) is 6.61 Å². The maximum atomic E-state index is 12.7. The van der Waals surface area contributed by atoms with Gasteiger partial charge < -0.3 is 14.1 Å². The molecule has 2 aromatic carbocycles. The highest BCUT2D eigenvalue weighted by atomic mass is 16.5. The summed E-state index contributed by atoms with van der Waals surface area (Å²) in [5.74, 6) is 0.643. The van der Waals surface area contributed by atoms with Crippen molar-refractivity contribution in [2.75, 3.05) is 19.1 Å². The molecule has 24 heavy (non-hydrogen) atoms. The number of amides is 1. The molecule has 0 radical (unpaired) electrons. The number of carbonyl (C=O) groups excluding carboxylic acids is 1. The normalized spacial score (nSPS) is 10.6. The molecule has 0 bridgehead atoms. The predicted octanol–water partition coefficient (Wildman–Crippen LogP) is 3.16. The van der Waals surface area contributed by atoms with Gasteiger partial charge in [0.15, 0.2) is 0 Å². The van der Waals surface area contributed by atoms with Crippen molar-refractivity contribution in [1.82, 2.24) is 10.2 Å². The van der Waals surface area contributed by atoms with E-state index in [0.717, 1.165) is 5.69 Å². The lowest BCUT2D eigenvalue weighted by Crippen LogP contribution is -2.26. The Kier molecular flexibility index (Phi) is 4.67. The molecule has 6 nitrogen and oxygen atoms in total. The molecule has 122 valence electrons. The van der Waals surface area contributed by atoms with Gasteiger partial charge in [-0.15, -0.1) is 10.2 Å². The number of aromatic nitrogens is 2. The van der Waals surface area contributed by atoms with Gasteiger partial charge in [0, 0.05) is 31.0 Å². The second kappa shape index (κ2) is 7.06. The quantitative estimate of drug-likeness (QED) is 0.721. The summed E-state index contributed by atoms with van der Waals surface area (Å²) in [7, 11) is 3.30. The zero-order chi connectivity index (χ0) is 16.9. The Morgan fingerprint density at radius 1 is 1.12 bits per heavy atom. The molecule has 0 aliphatic rings. The van der Waals surface area contributed by atoms with Gasteiger partial charge in [-0.1, -0.05) is 24.3 Å². The first-order valence-electron chi connectivity index (χ1n) is 7.44. The second-order valence-corrected chi connectivity index (χ2v) is 5.21. The van der Waals surface area contributed by atoms with E-state index >= 15 is 0 Å². The van der Waals surface area contributed by atoms with E-state index in [1.165, 1.54) is 0 Å². The van der Waals surface area contributed by atoms with Crippen LogP contribution >= 0.6 is 0 Å². The number of hydrogen-bond acceptors (Lipinski definition) is 5. The Hall–Kier alpha value is -2.99. The fourth-order valence-corrected chi connectivity index (χ4v) is 2.30. The van der Waals surface area contributed by atoms with Crippen molar-refractivity contribution in [1.29, 1.82) is 0 Å². The van der Waals surface area contributed by atoms with E-state index in [9.17, 15) is 4.79 Å². The highest BCUT2D eigenvalue weighted by Gasteiger charge is 2.15. The number of rotatable bonds is 5. The molecule has 6 heteroatoms. The minimum absolute atomic E-state index is 0.111. The van der Waals surface area contributed by atoms with Gasteiger partial charge in [-0.2, -0.15) is 0 Å². The Labute approximate surface area is 139 Å². The number of para-hydroxylation sites is 1. The van der Waals surface area contributed by atoms with Gasteiger partial charge in [0.05, 0.1) is 0 Å². The van der Waals surface area contributed by atoms with Crippen molar-refractivity contribution in [2.24, 2.45) is 0 Å². The summed E-state index contributed by atoms with van der Waals surface area (Å²) >= 11 is 0. The van der Waals surface area contributed by atoms with Crippen LogP contribution in [0.3, 0.4) is 0 Å². The number of hydrogen-bond donors (Lipinski definition) is 0. The molecule has 1 aromatic heterocycles. The Bertz CT molecular complexity index is 830. The largest absolute Gasteiger partial charge is 0.418 e. The Balaban J connectivity index is 1.85. The first-order chi connectivity index (χ1) is 11.7. The molecule has 0 atom stereocenters. The van der Waals surface area contributed by atoms with Crippen LogP contribution in [0.4, 0.5) is 5.69 Å². The van der Waals surface area contributed by atoms with Crippen LogP contribution in [0.15, 0.2) is 59.0 Å². The SMILES string of the molecule is COCc1nnc(-c2cccc(C(=O)N(C)c3ccccc3)c2)o1. The van der Waals surface area contributed by atoms with Gasteiger partial charge >= 0.3 is 0 Å². The zero-order valence-corrected chi connectivity index (χ0v) is 13.5. The van der Waals surface area contributed by atoms with E-state index in [-0.39, 0.29) is 12.5 Å². The standard InChI is InChI=1S/C18H17N3O3/c1-21(15-9-4-3-5-10-15)18(22)14-8-6-7-13(11-14)17-20-19-16(24-17)12-23-2/h3-11H,12H2,1-2H3. The fraction of sp³-hybridized carbons (Fsp3) is 0.167. The van der Waals surface area contributed by atoms with E-state index in [4.69, 9.17) is 9.15 Å². The monoisotopic (exact) mass is 323 g/mol. The van der Waals surface area contributed by atoms with Crippen LogP contribution in [-0.2, 0) is 11.3 Å². The van der Waals surface area contributed by atoms with Crippen LogP contribution in [0.1, 0.15) is 16.2 Å². The van der Waals surface area contributed by atoms with Crippen molar-refractivity contribution >= 4 is 11.6 Å². The molecule has 3 aromatic rings. The van der Waals surface area contributed by atoms with Crippen LogP contribution in [0, 0.1) is 0 Å². The summed E-state index contributed by atoms with van der Waals surface area (Å²) in [5.41, 5.74) is 2.07. The molecule has 0 saturated heterocycles. The summed E-state index contributed by atoms with van der Waals surface area (Å²) in [6.45, 7) is 0.252. The highest BCUT2D eigenvalue weighted by molar-refractivity contribution is 6.06. The molecule has 0 spiro atoms. The summed E-state index contributed by atoms with van der Waals surface area (Å²) in [6.07, 6.45) is 0. The van der Waals surface area contributed by atoms with Gasteiger partial charge in [0.25, 0.3) is 5.91 Å². The average molecular weight is 323 g/mol. The van der Waals surface area contributed by atoms with Crippen LogP contribution < -0.4 is 4.90 Å². The molecule has 0 unspecified atom stereocenters. The van der Waals surface area contributed by atoms with Crippen molar-refractivity contribution in [3.05, 3.63) is 66.1 Å². The van der Waals surface area contributed by atoms with Crippen LogP contribution in [0.25, 0.3) is 11.5 Å². The summed E-state index contributed by atoms with van der Waals surface area (Å²) in [6, 6.07) is 16.6. The minimum atomic E-state index is -0.111. The molecule has 1 heterocycles. The summed E-state index contributed by atoms with van der Waals surface area (Å²) in [4.78, 5) is 14.3. The van der Waals surface area contributed by atoms with Crippen molar-refractivity contribution in [2.45, 2.75) is 6.61 Å². The lowest BCUT2D eigenvalue weighted by Gasteiger charge is -2.17. The second-order valence-electron chi connectivity index (χ2n) is 5.21. The van der Waals surface area contributed by atoms with Crippen LogP contribution in [0.5, 0.6) is 0 Å². The first kappa shape index (κ1) is 15.9. The van der Waals surface area contributed by atoms with Crippen molar-refractivity contribution in [3.8, 4) is 11.5 Å². The number of methoxy groups -OCH3 is 1. The molecular formula is C18H17N3O3. The Morgan fingerprint density at radius 3 is 2.67 bits per heavy atom. The minimum Gasteiger partial charge on any atom is -0.418 e. The third kappa shape index (κ3) is 3.33. The lowest BCUT2D eigenvalue weighted by molar-refractivity contribution is 0.0993. The molecule has 0 saturated carbocycles. The third-order valence-corrected chi connectivity index (χ3v) is 3.54. The molecule has 0 fully saturated rings. The lowest BCUT2D eigenvalue weighted by atomic mass is 10.1. The molecular weight excluding hydrogens is 306 g/mol. The topological polar surface area (TPSA) is 68.5 Å². The highest BCUT2D eigenvalue weighted by Crippen LogP contribution is 2.21. The summed E-state index contributed by atoms with van der Waals surface area (Å²) < 4.78 is 10.5. The predicted molar refractivity (Wildman–Crippen MR) is 89.6 cm³/mol. The van der Waals surface area contributed by atoms with E-state index < -0.39 is 0 Å². The van der Waals surface area contributed by atoms with Crippen LogP contribution in [-0.4, -0.2) is 30.3 Å². The Morgan fingerprint density at radius 2 is 1.92 bits per heavy atom. The zero-order valence-electron chi connectivity index (χ0n) is 13.5. The van der Waals surface area contributed by atoms with Gasteiger partial charge in [-0.05, 0) is 30.3 Å². The number of anilines is 1. The van der Waals surface area contributed by atoms with Gasteiger partial charge in [-0.3, -0.25) is 4.79 Å². The average Bonchev–Trinajstić information content (AvgIpc) is 3.10. The first-order valence-corrected chi connectivity index (χ1v) is 7.44. The number of ether oxygens (including phenoxy) is 1. The maximum Gasteiger partial charge on any atom is 0.258 e. The molecule has 0 aliphatic carbocycles. The molecule has 0 N–H and O–H groups in total. The molecule has 3 rings (SSSR count). The molecule has 0 aliphatic heterocycles. The third-order valence-electron chi connectivity index (χ3n) is 3.54. The van der Waals surface area contributed by atoms with E-state index in [1.807, 2.05) is 36.4 Å². The fourth-order valence-electron chi connectivity index (χ4n) is 2.30.